The second kappa shape index (κ2) is 15.4. The van der Waals surface area contributed by atoms with E-state index in [1.165, 1.54) is 62.7 Å². The lowest BCUT2D eigenvalue weighted by Crippen LogP contribution is -2.13. The molecule has 1 aromatic rings. The molecule has 0 spiro atoms. The fourth-order valence-corrected chi connectivity index (χ4v) is 5.90. The van der Waals surface area contributed by atoms with E-state index in [-0.39, 0.29) is 0 Å². The number of hydrogen-bond acceptors (Lipinski definition) is 5. The zero-order valence-corrected chi connectivity index (χ0v) is 18.8. The average molecular weight is 417 g/mol. The molecule has 1 rings (SSSR count). The van der Waals surface area contributed by atoms with E-state index in [0.29, 0.717) is 24.1 Å². The highest BCUT2D eigenvalue weighted by molar-refractivity contribution is 7.62. The molecule has 0 radical (unpaired) electrons. The summed E-state index contributed by atoms with van der Waals surface area (Å²) in [7, 11) is -3.42. The highest BCUT2D eigenvalue weighted by atomic mass is 32.1. The fraction of sp³-hybridized carbons (Fsp3) is 0.762. The van der Waals surface area contributed by atoms with Gasteiger partial charge < -0.3 is 9.05 Å². The molecule has 0 fully saturated rings. The third-order valence-electron chi connectivity index (χ3n) is 4.61. The molecule has 0 atom stereocenters. The van der Waals surface area contributed by atoms with Crippen molar-refractivity contribution in [3.05, 3.63) is 16.3 Å². The number of hydrogen-bond donors (Lipinski definition) is 0. The quantitative estimate of drug-likeness (QED) is 0.145. The summed E-state index contributed by atoms with van der Waals surface area (Å²) >= 11 is 1.36. The standard InChI is InChI=1S/C21H37O4PS/c1-3-5-7-9-11-13-15-24-26(23,21-19-27-18-20(21)17-22)25-16-14-12-10-8-6-4-2/h17-19H,3-16H2,1-2H3. The molecule has 6 heteroatoms. The third kappa shape index (κ3) is 10.0. The van der Waals surface area contributed by atoms with Crippen LogP contribution in [0.2, 0.25) is 0 Å². The molecule has 0 aliphatic carbocycles. The first-order chi connectivity index (χ1) is 13.2. The van der Waals surface area contributed by atoms with Crippen molar-refractivity contribution in [2.24, 2.45) is 0 Å². The van der Waals surface area contributed by atoms with Crippen molar-refractivity contribution in [2.75, 3.05) is 13.2 Å². The molecule has 0 aromatic carbocycles. The van der Waals surface area contributed by atoms with Gasteiger partial charge in [0.2, 0.25) is 0 Å². The van der Waals surface area contributed by atoms with Gasteiger partial charge in [0.15, 0.2) is 6.29 Å². The molecule has 0 saturated carbocycles. The second-order valence-electron chi connectivity index (χ2n) is 7.03. The molecular formula is C21H37O4PS. The first-order valence-electron chi connectivity index (χ1n) is 10.6. The summed E-state index contributed by atoms with van der Waals surface area (Å²) < 4.78 is 24.8. The van der Waals surface area contributed by atoms with E-state index in [0.717, 1.165) is 32.0 Å². The highest BCUT2D eigenvalue weighted by Gasteiger charge is 2.31. The van der Waals surface area contributed by atoms with Crippen LogP contribution in [0, 0.1) is 0 Å². The van der Waals surface area contributed by atoms with Crippen LogP contribution >= 0.6 is 18.9 Å². The Morgan fingerprint density at radius 1 is 0.815 bits per heavy atom. The Kier molecular flexibility index (Phi) is 14.0. The van der Waals surface area contributed by atoms with Crippen LogP contribution in [0.1, 0.15) is 101 Å². The van der Waals surface area contributed by atoms with Crippen molar-refractivity contribution in [1.82, 2.24) is 0 Å². The molecule has 0 saturated heterocycles. The Labute approximate surface area is 169 Å². The molecule has 0 aliphatic heterocycles. The van der Waals surface area contributed by atoms with Gasteiger partial charge in [0.25, 0.3) is 0 Å². The largest absolute Gasteiger partial charge is 0.362 e. The average Bonchev–Trinajstić information content (AvgIpc) is 3.16. The number of carbonyl (C=O) groups is 1. The number of carbonyl (C=O) groups excluding carboxylic acids is 1. The predicted octanol–water partition coefficient (Wildman–Crippen LogP) is 7.13. The summed E-state index contributed by atoms with van der Waals surface area (Å²) in [5, 5.41) is 3.86. The van der Waals surface area contributed by atoms with Crippen LogP contribution in [0.5, 0.6) is 0 Å². The van der Waals surface area contributed by atoms with Gasteiger partial charge in [-0.25, -0.2) is 0 Å². The minimum Gasteiger partial charge on any atom is -0.305 e. The summed E-state index contributed by atoms with van der Waals surface area (Å²) in [6.07, 6.45) is 14.4. The van der Waals surface area contributed by atoms with E-state index in [1.807, 2.05) is 0 Å². The fourth-order valence-electron chi connectivity index (χ4n) is 2.92. The molecule has 4 nitrogen and oxygen atoms in total. The van der Waals surface area contributed by atoms with Gasteiger partial charge in [-0.1, -0.05) is 78.1 Å². The van der Waals surface area contributed by atoms with Crippen LogP contribution in [-0.4, -0.2) is 19.5 Å². The van der Waals surface area contributed by atoms with Crippen molar-refractivity contribution in [3.8, 4) is 0 Å². The lowest BCUT2D eigenvalue weighted by Gasteiger charge is -2.18. The number of aldehydes is 1. The van der Waals surface area contributed by atoms with E-state index in [9.17, 15) is 9.36 Å². The topological polar surface area (TPSA) is 52.6 Å². The Bertz CT molecular complexity index is 522. The molecule has 27 heavy (non-hydrogen) atoms. The second-order valence-corrected chi connectivity index (χ2v) is 9.77. The minimum atomic E-state index is -3.42. The molecule has 0 amide bonds. The van der Waals surface area contributed by atoms with Gasteiger partial charge in [0.1, 0.15) is 0 Å². The first kappa shape index (κ1) is 24.6. The van der Waals surface area contributed by atoms with Gasteiger partial charge in [-0.05, 0) is 12.8 Å². The predicted molar refractivity (Wildman–Crippen MR) is 116 cm³/mol. The zero-order valence-electron chi connectivity index (χ0n) is 17.1. The molecule has 0 aliphatic rings. The van der Waals surface area contributed by atoms with Crippen molar-refractivity contribution in [3.63, 3.8) is 0 Å². The summed E-state index contributed by atoms with van der Waals surface area (Å²) in [5.74, 6) is 0. The lowest BCUT2D eigenvalue weighted by atomic mass is 10.1. The Balaban J connectivity index is 2.47. The highest BCUT2D eigenvalue weighted by Crippen LogP contribution is 2.48. The van der Waals surface area contributed by atoms with Crippen molar-refractivity contribution < 1.29 is 18.4 Å². The third-order valence-corrected chi connectivity index (χ3v) is 7.57. The Hall–Kier alpha value is -0.480. The smallest absolute Gasteiger partial charge is 0.305 e. The monoisotopic (exact) mass is 416 g/mol. The first-order valence-corrected chi connectivity index (χ1v) is 13.1. The normalized spacial score (nSPS) is 11.8. The van der Waals surface area contributed by atoms with Gasteiger partial charge in [-0.3, -0.25) is 9.36 Å². The van der Waals surface area contributed by atoms with Crippen LogP contribution in [0.15, 0.2) is 10.8 Å². The van der Waals surface area contributed by atoms with E-state index in [4.69, 9.17) is 9.05 Å². The van der Waals surface area contributed by atoms with E-state index in [1.54, 1.807) is 10.8 Å². The minimum absolute atomic E-state index is 0.411. The zero-order chi connectivity index (χ0) is 19.8. The number of unbranched alkanes of at least 4 members (excludes halogenated alkanes) is 10. The van der Waals surface area contributed by atoms with Gasteiger partial charge in [-0.2, -0.15) is 11.3 Å². The van der Waals surface area contributed by atoms with E-state index in [2.05, 4.69) is 13.8 Å². The van der Waals surface area contributed by atoms with Crippen LogP contribution in [-0.2, 0) is 13.6 Å². The molecule has 0 N–H and O–H groups in total. The number of rotatable bonds is 18. The Morgan fingerprint density at radius 2 is 1.30 bits per heavy atom. The van der Waals surface area contributed by atoms with Crippen molar-refractivity contribution in [1.29, 1.82) is 0 Å². The van der Waals surface area contributed by atoms with Crippen molar-refractivity contribution >= 4 is 30.5 Å². The van der Waals surface area contributed by atoms with Crippen LogP contribution in [0.4, 0.5) is 0 Å². The molecular weight excluding hydrogens is 379 g/mol. The summed E-state index contributed by atoms with van der Waals surface area (Å²) in [6.45, 7) is 5.22. The number of thiophene rings is 1. The summed E-state index contributed by atoms with van der Waals surface area (Å²) in [5.41, 5.74) is 0.425. The van der Waals surface area contributed by atoms with Crippen LogP contribution < -0.4 is 5.30 Å². The van der Waals surface area contributed by atoms with Gasteiger partial charge in [0.05, 0.1) is 18.5 Å². The maximum absolute atomic E-state index is 13.3. The van der Waals surface area contributed by atoms with E-state index < -0.39 is 7.60 Å². The van der Waals surface area contributed by atoms with Crippen LogP contribution in [0.3, 0.4) is 0 Å². The molecule has 0 unspecified atom stereocenters. The maximum atomic E-state index is 13.3. The van der Waals surface area contributed by atoms with Crippen molar-refractivity contribution in [2.45, 2.75) is 90.9 Å². The maximum Gasteiger partial charge on any atom is 0.362 e. The lowest BCUT2D eigenvalue weighted by molar-refractivity contribution is 0.112. The molecule has 0 bridgehead atoms. The molecule has 156 valence electrons. The summed E-state index contributed by atoms with van der Waals surface area (Å²) in [4.78, 5) is 11.3. The summed E-state index contributed by atoms with van der Waals surface area (Å²) in [6, 6.07) is 0. The molecule has 1 aromatic heterocycles. The Morgan fingerprint density at radius 3 is 1.78 bits per heavy atom. The van der Waals surface area contributed by atoms with Gasteiger partial charge >= 0.3 is 7.60 Å². The van der Waals surface area contributed by atoms with Gasteiger partial charge in [0, 0.05) is 16.3 Å². The SMILES string of the molecule is CCCCCCCCOP(=O)(OCCCCCCCC)c1cscc1C=O. The molecule has 1 heterocycles. The van der Waals surface area contributed by atoms with E-state index >= 15 is 0 Å². The van der Waals surface area contributed by atoms with Crippen LogP contribution in [0.25, 0.3) is 0 Å². The van der Waals surface area contributed by atoms with Gasteiger partial charge in [-0.15, -0.1) is 0 Å².